The third-order valence-electron chi connectivity index (χ3n) is 8.89. The van der Waals surface area contributed by atoms with Gasteiger partial charge in [0.2, 0.25) is 17.7 Å². The second-order valence-electron chi connectivity index (χ2n) is 12.6. The van der Waals surface area contributed by atoms with Crippen molar-refractivity contribution in [2.75, 3.05) is 31.6 Å². The number of carbonyl (C=O) groups excluding carboxylic acids is 7. The molecule has 1 fully saturated rings. The fraction of sp³-hybridized carbons (Fsp3) is 0.342. The molecule has 2 aliphatic rings. The first-order valence-electron chi connectivity index (χ1n) is 17.6. The van der Waals surface area contributed by atoms with Crippen LogP contribution >= 0.6 is 0 Å². The number of hydrogen-bond donors (Lipinski definition) is 6. The zero-order chi connectivity index (χ0) is 37.7. The molecule has 5 rings (SSSR count). The van der Waals surface area contributed by atoms with Crippen molar-refractivity contribution < 1.29 is 43.5 Å². The van der Waals surface area contributed by atoms with E-state index >= 15 is 0 Å². The number of hydroxylamine groups is 1. The molecule has 0 aromatic heterocycles. The number of anilines is 1. The Kier molecular flexibility index (Phi) is 13.3. The molecule has 1 saturated heterocycles. The van der Waals surface area contributed by atoms with Crippen molar-refractivity contribution in [2.24, 2.45) is 0 Å². The van der Waals surface area contributed by atoms with Crippen LogP contribution in [0.15, 0.2) is 66.7 Å². The molecule has 3 aromatic carbocycles. The van der Waals surface area contributed by atoms with E-state index in [0.29, 0.717) is 63.2 Å². The van der Waals surface area contributed by atoms with E-state index in [-0.39, 0.29) is 41.3 Å². The van der Waals surface area contributed by atoms with Crippen LogP contribution in [-0.4, -0.2) is 83.7 Å². The number of amides is 7. The molecule has 0 aliphatic carbocycles. The molecular weight excluding hydrogens is 684 g/mol. The summed E-state index contributed by atoms with van der Waals surface area (Å²) in [7, 11) is 0. The van der Waals surface area contributed by atoms with Crippen LogP contribution in [0.3, 0.4) is 0 Å². The number of unbranched alkanes of at least 4 members (excludes halogenated alkanes) is 2. The molecule has 1 atom stereocenters. The van der Waals surface area contributed by atoms with Gasteiger partial charge in [0.05, 0.1) is 17.7 Å². The highest BCUT2D eigenvalue weighted by Crippen LogP contribution is 2.32. The van der Waals surface area contributed by atoms with Crippen LogP contribution < -0.4 is 31.5 Å². The second-order valence-corrected chi connectivity index (χ2v) is 12.6. The number of benzene rings is 3. The molecule has 278 valence electrons. The Hall–Kier alpha value is -6.09. The molecule has 2 heterocycles. The number of piperidine rings is 1. The summed E-state index contributed by atoms with van der Waals surface area (Å²) in [6.07, 6.45) is 4.04. The number of ether oxygens (including phenoxy) is 1. The molecule has 7 amide bonds. The van der Waals surface area contributed by atoms with Gasteiger partial charge < -0.3 is 20.7 Å². The zero-order valence-corrected chi connectivity index (χ0v) is 29.1. The number of fused-ring (bicyclic) bond motifs is 1. The quantitative estimate of drug-likeness (QED) is 0.0488. The van der Waals surface area contributed by atoms with Gasteiger partial charge in [-0.15, -0.1) is 0 Å². The number of nitrogens with one attached hydrogen (secondary N) is 5. The molecule has 15 heteroatoms. The highest BCUT2D eigenvalue weighted by molar-refractivity contribution is 6.25. The molecule has 53 heavy (non-hydrogen) atoms. The van der Waals surface area contributed by atoms with Gasteiger partial charge in [0.25, 0.3) is 23.6 Å². The van der Waals surface area contributed by atoms with E-state index in [1.54, 1.807) is 35.8 Å². The highest BCUT2D eigenvalue weighted by atomic mass is 16.5. The summed E-state index contributed by atoms with van der Waals surface area (Å²) < 4.78 is 5.82. The lowest BCUT2D eigenvalue weighted by molar-refractivity contribution is -0.136. The number of nitrogens with zero attached hydrogens (tertiary/aromatic N) is 1. The van der Waals surface area contributed by atoms with Gasteiger partial charge in [-0.1, -0.05) is 24.3 Å². The Morgan fingerprint density at radius 2 is 1.57 bits per heavy atom. The summed E-state index contributed by atoms with van der Waals surface area (Å²) >= 11 is 0. The Morgan fingerprint density at radius 1 is 0.811 bits per heavy atom. The van der Waals surface area contributed by atoms with Crippen molar-refractivity contribution in [1.82, 2.24) is 26.3 Å². The molecule has 6 N–H and O–H groups in total. The summed E-state index contributed by atoms with van der Waals surface area (Å²) in [5.74, 6) is -2.56. The molecule has 0 saturated carbocycles. The maximum atomic E-state index is 13.2. The standard InChI is InChI=1S/C38H42N6O9/c45-31(40-20-6-19-39-29-10-5-9-28-33(29)38(51)44(37(28)50)30-16-17-32(46)42-36(30)49)11-2-1-3-22-53-27-14-12-24(13-15-27)18-21-41-34(47)25-7-4-8-26(23-25)35(48)43-52/h4-5,7-10,12-15,23,30,39,52H,1-3,6,11,16-22H2,(H,40,45)(H,41,47)(H,43,48)(H,42,46,49). The summed E-state index contributed by atoms with van der Waals surface area (Å²) in [6.45, 7) is 1.78. The van der Waals surface area contributed by atoms with E-state index in [0.717, 1.165) is 29.1 Å². The van der Waals surface area contributed by atoms with Crippen LogP contribution in [0.1, 0.15) is 91.9 Å². The first-order chi connectivity index (χ1) is 25.7. The van der Waals surface area contributed by atoms with Crippen molar-refractivity contribution in [1.29, 1.82) is 0 Å². The maximum Gasteiger partial charge on any atom is 0.274 e. The molecule has 0 spiro atoms. The lowest BCUT2D eigenvalue weighted by Crippen LogP contribution is -2.54. The Bertz CT molecular complexity index is 1860. The molecule has 0 bridgehead atoms. The predicted molar refractivity (Wildman–Crippen MR) is 191 cm³/mol. The van der Waals surface area contributed by atoms with Crippen molar-refractivity contribution >= 4 is 47.0 Å². The normalized spacial score (nSPS) is 15.0. The van der Waals surface area contributed by atoms with Crippen molar-refractivity contribution in [2.45, 2.75) is 57.4 Å². The summed E-state index contributed by atoms with van der Waals surface area (Å²) in [5, 5.41) is 19.9. The summed E-state index contributed by atoms with van der Waals surface area (Å²) in [6, 6.07) is 17.5. The van der Waals surface area contributed by atoms with Gasteiger partial charge in [0.1, 0.15) is 11.8 Å². The number of carbonyl (C=O) groups is 7. The number of imide groups is 2. The second kappa shape index (κ2) is 18.4. The van der Waals surface area contributed by atoms with E-state index in [1.165, 1.54) is 12.1 Å². The van der Waals surface area contributed by atoms with Crippen LogP contribution in [0, 0.1) is 0 Å². The first-order valence-corrected chi connectivity index (χ1v) is 17.6. The monoisotopic (exact) mass is 726 g/mol. The lowest BCUT2D eigenvalue weighted by atomic mass is 10.0. The van der Waals surface area contributed by atoms with Crippen LogP contribution in [-0.2, 0) is 20.8 Å². The van der Waals surface area contributed by atoms with E-state index < -0.39 is 35.6 Å². The minimum Gasteiger partial charge on any atom is -0.494 e. The molecule has 3 aromatic rings. The largest absolute Gasteiger partial charge is 0.494 e. The van der Waals surface area contributed by atoms with Crippen molar-refractivity contribution in [3.63, 3.8) is 0 Å². The molecule has 15 nitrogen and oxygen atoms in total. The Balaban J connectivity index is 0.912. The highest BCUT2D eigenvalue weighted by Gasteiger charge is 2.45. The number of hydrogen-bond acceptors (Lipinski definition) is 10. The summed E-state index contributed by atoms with van der Waals surface area (Å²) in [5.41, 5.74) is 3.93. The first kappa shape index (κ1) is 38.1. The summed E-state index contributed by atoms with van der Waals surface area (Å²) in [4.78, 5) is 87.3. The van der Waals surface area contributed by atoms with Gasteiger partial charge in [-0.3, -0.25) is 49.0 Å². The maximum absolute atomic E-state index is 13.2. The van der Waals surface area contributed by atoms with Gasteiger partial charge in [-0.2, -0.15) is 0 Å². The third kappa shape index (κ3) is 10.0. The molecular formula is C38H42N6O9. The lowest BCUT2D eigenvalue weighted by Gasteiger charge is -2.27. The third-order valence-corrected chi connectivity index (χ3v) is 8.89. The van der Waals surface area contributed by atoms with E-state index in [9.17, 15) is 33.6 Å². The van der Waals surface area contributed by atoms with Crippen LogP contribution in [0.4, 0.5) is 5.69 Å². The SMILES string of the molecule is O=C(CCCCCOc1ccc(CCNC(=O)c2cccc(C(=O)NO)c2)cc1)NCCCNc1cccc2c1C(=O)N(C1CCC(=O)NC1=O)C2=O. The van der Waals surface area contributed by atoms with Crippen molar-refractivity contribution in [3.05, 3.63) is 94.5 Å². The van der Waals surface area contributed by atoms with Gasteiger partial charge >= 0.3 is 0 Å². The van der Waals surface area contributed by atoms with E-state index in [2.05, 4.69) is 21.3 Å². The molecule has 2 aliphatic heterocycles. The Morgan fingerprint density at radius 3 is 2.32 bits per heavy atom. The van der Waals surface area contributed by atoms with Gasteiger partial charge in [-0.05, 0) is 86.6 Å². The van der Waals surface area contributed by atoms with E-state index in [4.69, 9.17) is 9.94 Å². The smallest absolute Gasteiger partial charge is 0.274 e. The van der Waals surface area contributed by atoms with Gasteiger partial charge in [-0.25, -0.2) is 5.48 Å². The Labute approximate surface area is 305 Å². The fourth-order valence-corrected chi connectivity index (χ4v) is 6.09. The van der Waals surface area contributed by atoms with Crippen LogP contribution in [0.25, 0.3) is 0 Å². The van der Waals surface area contributed by atoms with Gasteiger partial charge in [0.15, 0.2) is 0 Å². The minimum atomic E-state index is -1.03. The molecule has 0 radical (unpaired) electrons. The topological polar surface area (TPSA) is 212 Å². The van der Waals surface area contributed by atoms with Crippen molar-refractivity contribution in [3.8, 4) is 5.75 Å². The zero-order valence-electron chi connectivity index (χ0n) is 29.1. The van der Waals surface area contributed by atoms with Crippen LogP contribution in [0.2, 0.25) is 0 Å². The average Bonchev–Trinajstić information content (AvgIpc) is 3.42. The predicted octanol–water partition coefficient (Wildman–Crippen LogP) is 2.74. The number of rotatable bonds is 18. The average molecular weight is 727 g/mol. The van der Waals surface area contributed by atoms with Gasteiger partial charge in [0, 0.05) is 49.3 Å². The fourth-order valence-electron chi connectivity index (χ4n) is 6.09. The minimum absolute atomic E-state index is 0.0513. The van der Waals surface area contributed by atoms with E-state index in [1.807, 2.05) is 24.3 Å². The van der Waals surface area contributed by atoms with Crippen LogP contribution in [0.5, 0.6) is 5.75 Å². The molecule has 1 unspecified atom stereocenters.